The highest BCUT2D eigenvalue weighted by molar-refractivity contribution is 7.92. The second kappa shape index (κ2) is 6.13. The average molecular weight is 337 g/mol. The Hall–Kier alpha value is -1.60. The standard InChI is InChI=1S/C16H23N3O3S/c1-12-11-17-7-9-18(12)16(20)14-5-6-15-13(10-14)4-3-8-19(15)23(2,21)22/h5-6,10,12,17H,3-4,7-9,11H2,1-2H3/t12-/m0/s1. The number of aryl methyl sites for hydroxylation is 1. The first kappa shape index (κ1) is 16.3. The molecule has 1 saturated heterocycles. The van der Waals surface area contributed by atoms with Crippen LogP contribution in [0, 0.1) is 0 Å². The zero-order valence-corrected chi connectivity index (χ0v) is 14.4. The van der Waals surface area contributed by atoms with Gasteiger partial charge >= 0.3 is 0 Å². The molecule has 0 spiro atoms. The lowest BCUT2D eigenvalue weighted by Crippen LogP contribution is -2.52. The molecule has 0 saturated carbocycles. The number of nitrogens with one attached hydrogen (secondary N) is 1. The molecule has 0 unspecified atom stereocenters. The largest absolute Gasteiger partial charge is 0.333 e. The van der Waals surface area contributed by atoms with Crippen LogP contribution < -0.4 is 9.62 Å². The number of piperazine rings is 1. The quantitative estimate of drug-likeness (QED) is 0.868. The van der Waals surface area contributed by atoms with Gasteiger partial charge in [-0.15, -0.1) is 0 Å². The first-order chi connectivity index (χ1) is 10.9. The normalized spacial score (nSPS) is 21.9. The maximum Gasteiger partial charge on any atom is 0.254 e. The number of amides is 1. The number of sulfonamides is 1. The highest BCUT2D eigenvalue weighted by Gasteiger charge is 2.27. The molecule has 0 bridgehead atoms. The highest BCUT2D eigenvalue weighted by Crippen LogP contribution is 2.30. The van der Waals surface area contributed by atoms with Crippen LogP contribution in [-0.4, -0.2) is 57.7 Å². The summed E-state index contributed by atoms with van der Waals surface area (Å²) in [6.07, 6.45) is 2.81. The number of hydrogen-bond donors (Lipinski definition) is 1. The molecule has 1 N–H and O–H groups in total. The SMILES string of the molecule is C[C@H]1CNCCN1C(=O)c1ccc2c(c1)CCCN2S(C)(=O)=O. The molecule has 2 aliphatic rings. The summed E-state index contributed by atoms with van der Waals surface area (Å²) in [5.74, 6) is 0.0262. The Morgan fingerprint density at radius 1 is 1.30 bits per heavy atom. The van der Waals surface area contributed by atoms with E-state index in [1.54, 1.807) is 12.1 Å². The number of carbonyl (C=O) groups excluding carboxylic acids is 1. The summed E-state index contributed by atoms with van der Waals surface area (Å²) in [6.45, 7) is 4.86. The minimum absolute atomic E-state index is 0.0262. The fourth-order valence-electron chi connectivity index (χ4n) is 3.35. The molecule has 0 aromatic heterocycles. The maximum absolute atomic E-state index is 12.7. The summed E-state index contributed by atoms with van der Waals surface area (Å²) >= 11 is 0. The van der Waals surface area contributed by atoms with Crippen molar-refractivity contribution < 1.29 is 13.2 Å². The third-order valence-corrected chi connectivity index (χ3v) is 5.74. The third-order valence-electron chi connectivity index (χ3n) is 4.56. The molecule has 2 heterocycles. The zero-order chi connectivity index (χ0) is 16.6. The molecule has 3 rings (SSSR count). The Morgan fingerprint density at radius 2 is 2.09 bits per heavy atom. The van der Waals surface area contributed by atoms with E-state index >= 15 is 0 Å². The molecule has 126 valence electrons. The van der Waals surface area contributed by atoms with Crippen molar-refractivity contribution in [2.24, 2.45) is 0 Å². The van der Waals surface area contributed by atoms with Crippen LogP contribution >= 0.6 is 0 Å². The number of anilines is 1. The van der Waals surface area contributed by atoms with Crippen LogP contribution in [0.3, 0.4) is 0 Å². The van der Waals surface area contributed by atoms with Crippen molar-refractivity contribution in [1.82, 2.24) is 10.2 Å². The Bertz CT molecular complexity index is 717. The second-order valence-electron chi connectivity index (χ2n) is 6.33. The van der Waals surface area contributed by atoms with Crippen LogP contribution in [0.2, 0.25) is 0 Å². The van der Waals surface area contributed by atoms with Crippen LogP contribution in [0.15, 0.2) is 18.2 Å². The lowest BCUT2D eigenvalue weighted by molar-refractivity contribution is 0.0655. The summed E-state index contributed by atoms with van der Waals surface area (Å²) < 4.78 is 25.2. The van der Waals surface area contributed by atoms with Crippen molar-refractivity contribution in [3.05, 3.63) is 29.3 Å². The van der Waals surface area contributed by atoms with E-state index in [1.165, 1.54) is 10.6 Å². The van der Waals surface area contributed by atoms with E-state index in [0.29, 0.717) is 24.3 Å². The second-order valence-corrected chi connectivity index (χ2v) is 8.24. The van der Waals surface area contributed by atoms with Crippen molar-refractivity contribution >= 4 is 21.6 Å². The molecule has 1 atom stereocenters. The molecule has 0 radical (unpaired) electrons. The minimum atomic E-state index is -3.27. The van der Waals surface area contributed by atoms with Gasteiger partial charge in [0.2, 0.25) is 10.0 Å². The Balaban J connectivity index is 1.90. The maximum atomic E-state index is 12.7. The number of hydrogen-bond acceptors (Lipinski definition) is 4. The van der Waals surface area contributed by atoms with Gasteiger partial charge in [0.05, 0.1) is 11.9 Å². The molecule has 1 amide bonds. The van der Waals surface area contributed by atoms with Crippen molar-refractivity contribution in [1.29, 1.82) is 0 Å². The van der Waals surface area contributed by atoms with Gasteiger partial charge in [-0.2, -0.15) is 0 Å². The summed E-state index contributed by atoms with van der Waals surface area (Å²) in [7, 11) is -3.27. The van der Waals surface area contributed by atoms with Crippen LogP contribution in [0.5, 0.6) is 0 Å². The van der Waals surface area contributed by atoms with Crippen LogP contribution in [0.1, 0.15) is 29.3 Å². The van der Waals surface area contributed by atoms with Crippen LogP contribution in [0.4, 0.5) is 5.69 Å². The molecule has 6 nitrogen and oxygen atoms in total. The van der Waals surface area contributed by atoms with Crippen LogP contribution in [-0.2, 0) is 16.4 Å². The zero-order valence-electron chi connectivity index (χ0n) is 13.6. The highest BCUT2D eigenvalue weighted by atomic mass is 32.2. The van der Waals surface area contributed by atoms with E-state index in [0.717, 1.165) is 31.5 Å². The molecule has 23 heavy (non-hydrogen) atoms. The predicted octanol–water partition coefficient (Wildman–Crippen LogP) is 0.833. The first-order valence-electron chi connectivity index (χ1n) is 8.00. The average Bonchev–Trinajstić information content (AvgIpc) is 2.52. The molecular formula is C16H23N3O3S. The van der Waals surface area contributed by atoms with Gasteiger partial charge in [-0.05, 0) is 43.5 Å². The van der Waals surface area contributed by atoms with E-state index in [9.17, 15) is 13.2 Å². The van der Waals surface area contributed by atoms with Gasteiger partial charge in [0.15, 0.2) is 0 Å². The molecule has 0 aliphatic carbocycles. The Labute approximate surface area is 137 Å². The lowest BCUT2D eigenvalue weighted by atomic mass is 10.00. The Morgan fingerprint density at radius 3 is 2.78 bits per heavy atom. The number of rotatable bonds is 2. The first-order valence-corrected chi connectivity index (χ1v) is 9.85. The number of fused-ring (bicyclic) bond motifs is 1. The van der Waals surface area contributed by atoms with Crippen molar-refractivity contribution in [2.75, 3.05) is 36.7 Å². The van der Waals surface area contributed by atoms with Crippen molar-refractivity contribution in [3.63, 3.8) is 0 Å². The molecular weight excluding hydrogens is 314 g/mol. The van der Waals surface area contributed by atoms with Gasteiger partial charge in [0, 0.05) is 37.8 Å². The lowest BCUT2D eigenvalue weighted by Gasteiger charge is -2.34. The summed E-state index contributed by atoms with van der Waals surface area (Å²) in [6, 6.07) is 5.55. The van der Waals surface area contributed by atoms with E-state index in [1.807, 2.05) is 17.9 Å². The van der Waals surface area contributed by atoms with E-state index in [4.69, 9.17) is 0 Å². The van der Waals surface area contributed by atoms with Crippen molar-refractivity contribution in [2.45, 2.75) is 25.8 Å². The van der Waals surface area contributed by atoms with Gasteiger partial charge in [0.25, 0.3) is 5.91 Å². The van der Waals surface area contributed by atoms with E-state index in [-0.39, 0.29) is 11.9 Å². The summed E-state index contributed by atoms with van der Waals surface area (Å²) in [4.78, 5) is 14.6. The van der Waals surface area contributed by atoms with Crippen molar-refractivity contribution in [3.8, 4) is 0 Å². The molecule has 1 fully saturated rings. The fraction of sp³-hybridized carbons (Fsp3) is 0.562. The molecule has 2 aliphatic heterocycles. The van der Waals surface area contributed by atoms with Gasteiger partial charge in [-0.3, -0.25) is 9.10 Å². The molecule has 1 aromatic carbocycles. The van der Waals surface area contributed by atoms with Gasteiger partial charge in [-0.1, -0.05) is 0 Å². The predicted molar refractivity (Wildman–Crippen MR) is 90.3 cm³/mol. The van der Waals surface area contributed by atoms with E-state index < -0.39 is 10.0 Å². The molecule has 1 aromatic rings. The minimum Gasteiger partial charge on any atom is -0.333 e. The number of benzene rings is 1. The smallest absolute Gasteiger partial charge is 0.254 e. The summed E-state index contributed by atoms with van der Waals surface area (Å²) in [5.41, 5.74) is 2.30. The topological polar surface area (TPSA) is 69.7 Å². The number of carbonyl (C=O) groups is 1. The Kier molecular flexibility index (Phi) is 4.33. The number of nitrogens with zero attached hydrogens (tertiary/aromatic N) is 2. The van der Waals surface area contributed by atoms with Gasteiger partial charge in [-0.25, -0.2) is 8.42 Å². The third kappa shape index (κ3) is 3.21. The van der Waals surface area contributed by atoms with Gasteiger partial charge in [0.1, 0.15) is 0 Å². The van der Waals surface area contributed by atoms with Crippen LogP contribution in [0.25, 0.3) is 0 Å². The molecule has 7 heteroatoms. The monoisotopic (exact) mass is 337 g/mol. The van der Waals surface area contributed by atoms with E-state index in [2.05, 4.69) is 5.32 Å². The fourth-order valence-corrected chi connectivity index (χ4v) is 4.34. The van der Waals surface area contributed by atoms with Gasteiger partial charge < -0.3 is 10.2 Å². The summed E-state index contributed by atoms with van der Waals surface area (Å²) in [5, 5.41) is 3.28.